The standard InChI is InChI=1S/C14H19N3O4/c15-11-1-3-12(4-2-11)17-8-10(7-13(17)18)9-21-6-5-16-14(19)20/h1-4,10,16H,5-9,15H2,(H,19,20). The Kier molecular flexibility index (Phi) is 4.99. The first-order chi connectivity index (χ1) is 10.1. The van der Waals surface area contributed by atoms with Crippen molar-refractivity contribution in [2.75, 3.05) is 36.9 Å². The number of anilines is 2. The summed E-state index contributed by atoms with van der Waals surface area (Å²) in [6.45, 7) is 1.60. The maximum absolute atomic E-state index is 12.0. The largest absolute Gasteiger partial charge is 0.465 e. The first-order valence-corrected chi connectivity index (χ1v) is 6.76. The third-order valence-corrected chi connectivity index (χ3v) is 3.29. The van der Waals surface area contributed by atoms with E-state index in [0.29, 0.717) is 31.9 Å². The van der Waals surface area contributed by atoms with E-state index in [1.165, 1.54) is 0 Å². The van der Waals surface area contributed by atoms with E-state index in [2.05, 4.69) is 5.32 Å². The van der Waals surface area contributed by atoms with Crippen molar-refractivity contribution in [3.05, 3.63) is 24.3 Å². The van der Waals surface area contributed by atoms with Gasteiger partial charge in [-0.25, -0.2) is 4.79 Å². The molecule has 1 aliphatic heterocycles. The van der Waals surface area contributed by atoms with Crippen LogP contribution in [0.4, 0.5) is 16.2 Å². The molecule has 0 saturated carbocycles. The third-order valence-electron chi connectivity index (χ3n) is 3.29. The smallest absolute Gasteiger partial charge is 0.404 e. The van der Waals surface area contributed by atoms with Gasteiger partial charge in [0, 0.05) is 36.8 Å². The molecule has 1 unspecified atom stereocenters. The Labute approximate surface area is 122 Å². The fourth-order valence-corrected chi connectivity index (χ4v) is 2.28. The fourth-order valence-electron chi connectivity index (χ4n) is 2.28. The number of rotatable bonds is 6. The summed E-state index contributed by atoms with van der Waals surface area (Å²) in [6.07, 6.45) is -0.624. The van der Waals surface area contributed by atoms with Crippen molar-refractivity contribution < 1.29 is 19.4 Å². The monoisotopic (exact) mass is 293 g/mol. The van der Waals surface area contributed by atoms with Gasteiger partial charge in [0.05, 0.1) is 13.2 Å². The lowest BCUT2D eigenvalue weighted by Crippen LogP contribution is -2.27. The van der Waals surface area contributed by atoms with Crippen molar-refractivity contribution >= 4 is 23.4 Å². The van der Waals surface area contributed by atoms with Crippen molar-refractivity contribution in [1.82, 2.24) is 5.32 Å². The molecule has 1 aliphatic rings. The molecule has 1 aromatic carbocycles. The molecule has 1 atom stereocenters. The summed E-state index contributed by atoms with van der Waals surface area (Å²) in [7, 11) is 0. The highest BCUT2D eigenvalue weighted by Gasteiger charge is 2.30. The Bertz CT molecular complexity index is 503. The summed E-state index contributed by atoms with van der Waals surface area (Å²) in [5.74, 6) is 0.192. The lowest BCUT2D eigenvalue weighted by molar-refractivity contribution is -0.117. The van der Waals surface area contributed by atoms with E-state index in [1.54, 1.807) is 17.0 Å². The number of amides is 2. The van der Waals surface area contributed by atoms with E-state index in [4.69, 9.17) is 15.6 Å². The summed E-state index contributed by atoms with van der Waals surface area (Å²) >= 11 is 0. The lowest BCUT2D eigenvalue weighted by atomic mass is 10.1. The van der Waals surface area contributed by atoms with Crippen LogP contribution in [-0.2, 0) is 9.53 Å². The molecular weight excluding hydrogens is 274 g/mol. The number of benzene rings is 1. The zero-order valence-corrected chi connectivity index (χ0v) is 11.6. The van der Waals surface area contributed by atoms with Crippen LogP contribution in [0.3, 0.4) is 0 Å². The van der Waals surface area contributed by atoms with Crippen LogP contribution < -0.4 is 16.0 Å². The number of carboxylic acid groups (broad SMARTS) is 1. The average molecular weight is 293 g/mol. The Morgan fingerprint density at radius 1 is 1.43 bits per heavy atom. The zero-order valence-electron chi connectivity index (χ0n) is 11.6. The van der Waals surface area contributed by atoms with Crippen LogP contribution in [-0.4, -0.2) is 43.4 Å². The number of ether oxygens (including phenoxy) is 1. The van der Waals surface area contributed by atoms with Gasteiger partial charge in [-0.3, -0.25) is 4.79 Å². The van der Waals surface area contributed by atoms with E-state index in [0.717, 1.165) is 5.69 Å². The minimum absolute atomic E-state index is 0.0667. The minimum atomic E-state index is -1.07. The van der Waals surface area contributed by atoms with Crippen molar-refractivity contribution in [3.8, 4) is 0 Å². The third kappa shape index (κ3) is 4.35. The molecule has 0 aliphatic carbocycles. The molecule has 1 saturated heterocycles. The topological polar surface area (TPSA) is 105 Å². The summed E-state index contributed by atoms with van der Waals surface area (Å²) in [6, 6.07) is 7.19. The molecule has 1 heterocycles. The average Bonchev–Trinajstić information content (AvgIpc) is 2.80. The molecule has 1 aromatic rings. The van der Waals surface area contributed by atoms with Crippen molar-refractivity contribution in [3.63, 3.8) is 0 Å². The Balaban J connectivity index is 1.77. The predicted molar refractivity (Wildman–Crippen MR) is 78.2 cm³/mol. The van der Waals surface area contributed by atoms with E-state index >= 15 is 0 Å². The van der Waals surface area contributed by atoms with Gasteiger partial charge in [-0.15, -0.1) is 0 Å². The second-order valence-corrected chi connectivity index (χ2v) is 4.97. The summed E-state index contributed by atoms with van der Waals surface area (Å²) in [4.78, 5) is 24.0. The molecule has 2 amide bonds. The van der Waals surface area contributed by atoms with E-state index in [-0.39, 0.29) is 18.4 Å². The van der Waals surface area contributed by atoms with Crippen molar-refractivity contribution in [2.45, 2.75) is 6.42 Å². The highest BCUT2D eigenvalue weighted by Crippen LogP contribution is 2.25. The Morgan fingerprint density at radius 2 is 2.14 bits per heavy atom. The van der Waals surface area contributed by atoms with Crippen LogP contribution in [0.25, 0.3) is 0 Å². The fraction of sp³-hybridized carbons (Fsp3) is 0.429. The maximum atomic E-state index is 12.0. The number of nitrogen functional groups attached to an aromatic ring is 1. The van der Waals surface area contributed by atoms with Crippen LogP contribution in [0.1, 0.15) is 6.42 Å². The number of nitrogens with zero attached hydrogens (tertiary/aromatic N) is 1. The van der Waals surface area contributed by atoms with Gasteiger partial charge in [-0.2, -0.15) is 0 Å². The molecule has 1 fully saturated rings. The predicted octanol–water partition coefficient (Wildman–Crippen LogP) is 0.906. The SMILES string of the molecule is Nc1ccc(N2CC(COCCNC(=O)O)CC2=O)cc1. The number of nitrogens with two attached hydrogens (primary N) is 1. The van der Waals surface area contributed by atoms with Crippen molar-refractivity contribution in [1.29, 1.82) is 0 Å². The molecule has 2 rings (SSSR count). The summed E-state index contributed by atoms with van der Waals surface area (Å²) in [5.41, 5.74) is 7.13. The molecule has 4 N–H and O–H groups in total. The van der Waals surface area contributed by atoms with Crippen LogP contribution in [0.5, 0.6) is 0 Å². The molecule has 0 bridgehead atoms. The number of hydrogen-bond acceptors (Lipinski definition) is 4. The van der Waals surface area contributed by atoms with Crippen LogP contribution in [0.15, 0.2) is 24.3 Å². The lowest BCUT2D eigenvalue weighted by Gasteiger charge is -2.17. The van der Waals surface area contributed by atoms with E-state index < -0.39 is 6.09 Å². The van der Waals surface area contributed by atoms with Crippen LogP contribution in [0.2, 0.25) is 0 Å². The molecule has 114 valence electrons. The highest BCUT2D eigenvalue weighted by atomic mass is 16.5. The van der Waals surface area contributed by atoms with Gasteiger partial charge in [0.25, 0.3) is 0 Å². The first kappa shape index (κ1) is 15.1. The van der Waals surface area contributed by atoms with Crippen molar-refractivity contribution in [2.24, 2.45) is 5.92 Å². The molecule has 0 radical (unpaired) electrons. The normalized spacial score (nSPS) is 18.0. The maximum Gasteiger partial charge on any atom is 0.404 e. The van der Waals surface area contributed by atoms with Gasteiger partial charge in [0.2, 0.25) is 5.91 Å². The van der Waals surface area contributed by atoms with Gasteiger partial charge in [0.1, 0.15) is 0 Å². The van der Waals surface area contributed by atoms with Crippen LogP contribution >= 0.6 is 0 Å². The number of hydrogen-bond donors (Lipinski definition) is 3. The van der Waals surface area contributed by atoms with Crippen LogP contribution in [0, 0.1) is 5.92 Å². The molecule has 7 nitrogen and oxygen atoms in total. The van der Waals surface area contributed by atoms with Gasteiger partial charge >= 0.3 is 6.09 Å². The van der Waals surface area contributed by atoms with E-state index in [1.807, 2.05) is 12.1 Å². The number of nitrogens with one attached hydrogen (secondary N) is 1. The first-order valence-electron chi connectivity index (χ1n) is 6.76. The Morgan fingerprint density at radius 3 is 2.81 bits per heavy atom. The summed E-state index contributed by atoms with van der Waals surface area (Å²) < 4.78 is 5.39. The molecule has 0 aromatic heterocycles. The summed E-state index contributed by atoms with van der Waals surface area (Å²) in [5, 5.41) is 10.6. The molecule has 0 spiro atoms. The second kappa shape index (κ2) is 6.94. The zero-order chi connectivity index (χ0) is 15.2. The molecular formula is C14H19N3O4. The van der Waals surface area contributed by atoms with Gasteiger partial charge < -0.3 is 25.8 Å². The minimum Gasteiger partial charge on any atom is -0.465 e. The van der Waals surface area contributed by atoms with Gasteiger partial charge in [0.15, 0.2) is 0 Å². The van der Waals surface area contributed by atoms with E-state index in [9.17, 15) is 9.59 Å². The van der Waals surface area contributed by atoms with Gasteiger partial charge in [-0.05, 0) is 24.3 Å². The Hall–Kier alpha value is -2.28. The number of carbonyl (C=O) groups is 2. The quantitative estimate of drug-likeness (QED) is 0.534. The molecule has 21 heavy (non-hydrogen) atoms. The highest BCUT2D eigenvalue weighted by molar-refractivity contribution is 5.95. The second-order valence-electron chi connectivity index (χ2n) is 4.97. The molecule has 7 heteroatoms. The number of carbonyl (C=O) groups excluding carboxylic acids is 1. The van der Waals surface area contributed by atoms with Gasteiger partial charge in [-0.1, -0.05) is 0 Å².